The zero-order valence-corrected chi connectivity index (χ0v) is 31.9. The van der Waals surface area contributed by atoms with Gasteiger partial charge in [0.15, 0.2) is 5.78 Å². The number of nitrogens with zero attached hydrogens (tertiary/aromatic N) is 7. The third kappa shape index (κ3) is 12.1. The average Bonchev–Trinajstić information content (AvgIpc) is 3.88. The molecule has 0 saturated heterocycles. The monoisotopic (exact) mass is 800 g/mol. The largest absolute Gasteiger partial charge is 0.466 e. The van der Waals surface area contributed by atoms with Crippen molar-refractivity contribution in [3.8, 4) is 22.5 Å². The van der Waals surface area contributed by atoms with Gasteiger partial charge in [-0.05, 0) is 66.1 Å². The third-order valence-electron chi connectivity index (χ3n) is 9.18. The minimum atomic E-state index is -1.21. The van der Waals surface area contributed by atoms with Gasteiger partial charge in [-0.25, -0.2) is 4.98 Å². The third-order valence-corrected chi connectivity index (χ3v) is 9.18. The lowest BCUT2D eigenvalue weighted by molar-refractivity contribution is -0.757. The topological polar surface area (TPSA) is 247 Å². The van der Waals surface area contributed by atoms with Crippen molar-refractivity contribution >= 4 is 28.8 Å². The quantitative estimate of drug-likeness (QED) is 0.0237. The zero-order chi connectivity index (χ0) is 41.3. The maximum atomic E-state index is 14.2. The molecule has 5 rings (SSSR count). The van der Waals surface area contributed by atoms with Crippen molar-refractivity contribution in [2.45, 2.75) is 71.3 Å². The number of nitrogens with one attached hydrogen (secondary N) is 1. The van der Waals surface area contributed by atoms with Crippen LogP contribution in [0.2, 0.25) is 0 Å². The van der Waals surface area contributed by atoms with Gasteiger partial charge in [0.25, 0.3) is 10.2 Å². The first-order valence-electron chi connectivity index (χ1n) is 18.9. The molecule has 5 aromatic rings. The van der Waals surface area contributed by atoms with Crippen molar-refractivity contribution in [1.82, 2.24) is 30.2 Å². The Morgan fingerprint density at radius 3 is 2.12 bits per heavy atom. The fourth-order valence-electron chi connectivity index (χ4n) is 6.33. The Labute approximate surface area is 332 Å². The first-order valence-corrected chi connectivity index (χ1v) is 18.9. The van der Waals surface area contributed by atoms with Crippen LogP contribution in [0.3, 0.4) is 0 Å². The number of ether oxygens (including phenoxy) is 2. The highest BCUT2D eigenvalue weighted by molar-refractivity contribution is 6.07. The molecule has 19 heteroatoms. The van der Waals surface area contributed by atoms with E-state index in [1.807, 2.05) is 59.2 Å². The molecule has 0 amide bonds. The number of aromatic nitrogens is 6. The lowest BCUT2D eigenvalue weighted by atomic mass is 9.94. The van der Waals surface area contributed by atoms with Gasteiger partial charge in [0.1, 0.15) is 5.82 Å². The molecule has 0 saturated carbocycles. The Bertz CT molecular complexity index is 2160. The summed E-state index contributed by atoms with van der Waals surface area (Å²) >= 11 is 0. The van der Waals surface area contributed by atoms with Crippen LogP contribution in [-0.2, 0) is 41.7 Å². The maximum absolute atomic E-state index is 14.2. The van der Waals surface area contributed by atoms with Gasteiger partial charge >= 0.3 is 11.9 Å². The Morgan fingerprint density at radius 2 is 1.47 bits per heavy atom. The highest BCUT2D eigenvalue weighted by atomic mass is 17.0. The number of benzene rings is 3. The Morgan fingerprint density at radius 1 is 0.793 bits per heavy atom. The molecule has 1 N–H and O–H groups in total. The molecule has 2 aromatic heterocycles. The van der Waals surface area contributed by atoms with E-state index in [2.05, 4.69) is 37.2 Å². The molecule has 1 unspecified atom stereocenters. The second-order valence-corrected chi connectivity index (χ2v) is 13.3. The molecule has 3 aromatic carbocycles. The molecule has 0 aliphatic heterocycles. The summed E-state index contributed by atoms with van der Waals surface area (Å²) in [6, 6.07) is 21.0. The molecule has 2 heterocycles. The predicted octanol–water partition coefficient (Wildman–Crippen LogP) is 5.92. The highest BCUT2D eigenvalue weighted by Gasteiger charge is 2.29. The number of fused-ring (bicyclic) bond motifs is 1. The Kier molecular flexibility index (Phi) is 15.7. The highest BCUT2D eigenvalue weighted by Crippen LogP contribution is 2.31. The summed E-state index contributed by atoms with van der Waals surface area (Å²) in [5, 5.41) is 33.5. The van der Waals surface area contributed by atoms with Crippen LogP contribution < -0.4 is 0 Å². The second kappa shape index (κ2) is 21.5. The normalized spacial score (nSPS) is 11.5. The number of esters is 2. The maximum Gasteiger partial charge on any atom is 0.309 e. The molecule has 0 fully saturated rings. The molecule has 0 aliphatic rings. The molecule has 0 radical (unpaired) electrons. The number of tetrazole rings is 1. The molecule has 306 valence electrons. The first kappa shape index (κ1) is 42.4. The van der Waals surface area contributed by atoms with E-state index in [0.29, 0.717) is 35.4 Å². The number of H-pyrrole nitrogens is 1. The molecule has 1 atom stereocenters. The fourth-order valence-corrected chi connectivity index (χ4v) is 6.33. The first-order chi connectivity index (χ1) is 28.1. The minimum absolute atomic E-state index is 0.0720. The lowest BCUT2D eigenvalue weighted by Gasteiger charge is -2.16. The molecule has 58 heavy (non-hydrogen) atoms. The number of ketones is 1. The van der Waals surface area contributed by atoms with Crippen LogP contribution in [-0.4, -0.2) is 84.5 Å². The predicted molar refractivity (Wildman–Crippen MR) is 206 cm³/mol. The van der Waals surface area contributed by atoms with E-state index in [0.717, 1.165) is 40.9 Å². The van der Waals surface area contributed by atoms with Gasteiger partial charge in [-0.15, -0.1) is 30.4 Å². The fraction of sp³-hybridized carbons (Fsp3) is 0.410. The van der Waals surface area contributed by atoms with E-state index in [-0.39, 0.29) is 58.5 Å². The van der Waals surface area contributed by atoms with Crippen LogP contribution >= 0.6 is 0 Å². The van der Waals surface area contributed by atoms with Crippen molar-refractivity contribution in [2.24, 2.45) is 5.92 Å². The summed E-state index contributed by atoms with van der Waals surface area (Å²) in [5.74, 6) is -1.89. The number of carbonyl (C=O) groups is 3. The summed E-state index contributed by atoms with van der Waals surface area (Å²) in [6.07, 6.45) is 2.66. The van der Waals surface area contributed by atoms with E-state index in [4.69, 9.17) is 14.5 Å². The van der Waals surface area contributed by atoms with Crippen LogP contribution in [0, 0.1) is 26.1 Å². The number of hydrogen-bond acceptors (Lipinski definition) is 15. The van der Waals surface area contributed by atoms with Gasteiger partial charge in [0.05, 0.1) is 49.8 Å². The number of aromatic amines is 1. The Hall–Kier alpha value is -6.79. The minimum Gasteiger partial charge on any atom is -0.466 e. The molecule has 0 spiro atoms. The smallest absolute Gasteiger partial charge is 0.309 e. The van der Waals surface area contributed by atoms with Crippen molar-refractivity contribution in [2.75, 3.05) is 26.4 Å². The Balaban J connectivity index is 1.36. The molecular formula is C39H44N8O11. The van der Waals surface area contributed by atoms with Gasteiger partial charge < -0.3 is 23.7 Å². The standard InChI is InChI=1S/C39H44N8O11/c1-2-3-15-35-40-33-14-10-13-32(37(33)45(35)26-27-16-18-28(19-17-27)30-11-4-5-12-31(30)38-41-43-44-42-38)34(48)24-29(39(50)56-21-7-9-23-58-47(53)54)25-36(49)55-20-6-8-22-57-46(51)52/h4-5,10-14,16-19,29H,2-3,6-9,15,20-26H2,1H3,(H,41,42,43,44). The average molecular weight is 801 g/mol. The summed E-state index contributed by atoms with van der Waals surface area (Å²) in [7, 11) is 0. The van der Waals surface area contributed by atoms with Crippen LogP contribution in [0.25, 0.3) is 33.5 Å². The summed E-state index contributed by atoms with van der Waals surface area (Å²) in [5.41, 5.74) is 5.20. The molecule has 19 nitrogen and oxygen atoms in total. The summed E-state index contributed by atoms with van der Waals surface area (Å²) in [4.78, 5) is 74.7. The number of hydrogen-bond donors (Lipinski definition) is 1. The molecular weight excluding hydrogens is 756 g/mol. The molecule has 0 aliphatic carbocycles. The van der Waals surface area contributed by atoms with Crippen LogP contribution in [0.5, 0.6) is 0 Å². The van der Waals surface area contributed by atoms with E-state index in [9.17, 15) is 34.6 Å². The van der Waals surface area contributed by atoms with Gasteiger partial charge in [-0.1, -0.05) is 67.9 Å². The van der Waals surface area contributed by atoms with Crippen LogP contribution in [0.4, 0.5) is 0 Å². The number of rotatable bonds is 25. The number of unbranched alkanes of at least 4 members (excludes halogenated alkanes) is 3. The SMILES string of the molecule is CCCCc1nc2cccc(C(=O)CC(CC(=O)OCCCCO[N+](=O)[O-])C(=O)OCCCCO[N+](=O)[O-])c2n1Cc1ccc(-c2ccccc2-c2nn[nH]n2)cc1. The van der Waals surface area contributed by atoms with Crippen molar-refractivity contribution < 1.29 is 43.7 Å². The molecule has 0 bridgehead atoms. The second-order valence-electron chi connectivity index (χ2n) is 13.3. The van der Waals surface area contributed by atoms with E-state index >= 15 is 0 Å². The van der Waals surface area contributed by atoms with Gasteiger partial charge in [0.2, 0.25) is 5.82 Å². The van der Waals surface area contributed by atoms with Crippen LogP contribution in [0.1, 0.15) is 80.0 Å². The van der Waals surface area contributed by atoms with Gasteiger partial charge in [-0.3, -0.25) is 14.4 Å². The van der Waals surface area contributed by atoms with Crippen molar-refractivity contribution in [3.63, 3.8) is 0 Å². The van der Waals surface area contributed by atoms with Crippen LogP contribution in [0.15, 0.2) is 66.7 Å². The zero-order valence-electron chi connectivity index (χ0n) is 31.9. The number of carbonyl (C=O) groups excluding carboxylic acids is 3. The van der Waals surface area contributed by atoms with Gasteiger partial charge in [0, 0.05) is 30.5 Å². The van der Waals surface area contributed by atoms with E-state index < -0.39 is 40.2 Å². The number of Topliss-reactive ketones (excluding diaryl/α,β-unsaturated/α-hetero) is 1. The van der Waals surface area contributed by atoms with Crippen molar-refractivity contribution in [1.29, 1.82) is 0 Å². The number of aryl methyl sites for hydroxylation is 1. The number of imidazole rings is 1. The van der Waals surface area contributed by atoms with Gasteiger partial charge in [-0.2, -0.15) is 5.21 Å². The lowest BCUT2D eigenvalue weighted by Crippen LogP contribution is -2.25. The summed E-state index contributed by atoms with van der Waals surface area (Å²) in [6.45, 7) is 1.96. The van der Waals surface area contributed by atoms with E-state index in [1.54, 1.807) is 12.1 Å². The van der Waals surface area contributed by atoms with Crippen molar-refractivity contribution in [3.05, 3.63) is 104 Å². The van der Waals surface area contributed by atoms with E-state index in [1.165, 1.54) is 0 Å². The number of para-hydroxylation sites is 1. The summed E-state index contributed by atoms with van der Waals surface area (Å²) < 4.78 is 12.7.